The predicted octanol–water partition coefficient (Wildman–Crippen LogP) is 2.91. The van der Waals surface area contributed by atoms with Crippen LogP contribution >= 0.6 is 0 Å². The second kappa shape index (κ2) is 3.23. The van der Waals surface area contributed by atoms with Crippen molar-refractivity contribution in [1.82, 2.24) is 5.32 Å². The van der Waals surface area contributed by atoms with E-state index in [-0.39, 0.29) is 0 Å². The highest BCUT2D eigenvalue weighted by Gasteiger charge is 2.47. The van der Waals surface area contributed by atoms with Crippen LogP contribution in [0, 0.1) is 0 Å². The SMILES string of the molecule is CNC1(c2ccccc2C(F)(F)F)CC1. The average molecular weight is 215 g/mol. The van der Waals surface area contributed by atoms with Crippen LogP contribution in [0.5, 0.6) is 0 Å². The lowest BCUT2D eigenvalue weighted by Crippen LogP contribution is -2.27. The zero-order chi connectivity index (χ0) is 11.1. The first-order chi connectivity index (χ1) is 6.99. The van der Waals surface area contributed by atoms with E-state index in [2.05, 4.69) is 5.32 Å². The van der Waals surface area contributed by atoms with Crippen LogP contribution in [-0.4, -0.2) is 7.05 Å². The molecule has 0 amide bonds. The standard InChI is InChI=1S/C11H12F3N/c1-15-10(6-7-10)8-4-2-3-5-9(8)11(12,13)14/h2-5,15H,6-7H2,1H3. The van der Waals surface area contributed by atoms with Gasteiger partial charge in [0, 0.05) is 5.54 Å². The number of nitrogens with one attached hydrogen (secondary N) is 1. The van der Waals surface area contributed by atoms with Gasteiger partial charge < -0.3 is 5.32 Å². The lowest BCUT2D eigenvalue weighted by Gasteiger charge is -2.20. The molecule has 2 rings (SSSR count). The summed E-state index contributed by atoms with van der Waals surface area (Å²) in [7, 11) is 1.71. The second-order valence-corrected chi connectivity index (χ2v) is 3.88. The molecule has 0 aromatic heterocycles. The first-order valence-corrected chi connectivity index (χ1v) is 4.85. The minimum Gasteiger partial charge on any atom is -0.310 e. The van der Waals surface area contributed by atoms with Crippen molar-refractivity contribution in [1.29, 1.82) is 0 Å². The molecule has 0 atom stereocenters. The van der Waals surface area contributed by atoms with Gasteiger partial charge in [0.1, 0.15) is 0 Å². The molecule has 0 saturated heterocycles. The molecule has 1 saturated carbocycles. The molecule has 1 aliphatic carbocycles. The summed E-state index contributed by atoms with van der Waals surface area (Å²) in [6, 6.07) is 5.79. The maximum absolute atomic E-state index is 12.7. The summed E-state index contributed by atoms with van der Waals surface area (Å²) in [4.78, 5) is 0. The number of halogens is 3. The van der Waals surface area contributed by atoms with E-state index in [4.69, 9.17) is 0 Å². The van der Waals surface area contributed by atoms with E-state index in [0.717, 1.165) is 18.9 Å². The summed E-state index contributed by atoms with van der Waals surface area (Å²) >= 11 is 0. The van der Waals surface area contributed by atoms with Crippen LogP contribution < -0.4 is 5.32 Å². The third kappa shape index (κ3) is 1.74. The fraction of sp³-hybridized carbons (Fsp3) is 0.455. The van der Waals surface area contributed by atoms with E-state index in [1.54, 1.807) is 19.2 Å². The molecular formula is C11H12F3N. The van der Waals surface area contributed by atoms with Gasteiger partial charge in [-0.05, 0) is 31.5 Å². The lowest BCUT2D eigenvalue weighted by atomic mass is 9.98. The topological polar surface area (TPSA) is 12.0 Å². The van der Waals surface area contributed by atoms with Crippen LogP contribution in [0.25, 0.3) is 0 Å². The van der Waals surface area contributed by atoms with Gasteiger partial charge in [0.25, 0.3) is 0 Å². The molecule has 0 bridgehead atoms. The molecule has 0 spiro atoms. The Labute approximate surface area is 86.3 Å². The quantitative estimate of drug-likeness (QED) is 0.799. The number of alkyl halides is 3. The van der Waals surface area contributed by atoms with E-state index >= 15 is 0 Å². The molecule has 0 heterocycles. The van der Waals surface area contributed by atoms with E-state index in [0.29, 0.717) is 5.56 Å². The van der Waals surface area contributed by atoms with Crippen LogP contribution in [-0.2, 0) is 11.7 Å². The van der Waals surface area contributed by atoms with Crippen LogP contribution in [0.1, 0.15) is 24.0 Å². The van der Waals surface area contributed by atoms with Crippen LogP contribution in [0.3, 0.4) is 0 Å². The lowest BCUT2D eigenvalue weighted by molar-refractivity contribution is -0.138. The molecule has 15 heavy (non-hydrogen) atoms. The summed E-state index contributed by atoms with van der Waals surface area (Å²) in [6.45, 7) is 0. The highest BCUT2D eigenvalue weighted by atomic mass is 19.4. The van der Waals surface area contributed by atoms with Crippen molar-refractivity contribution in [3.05, 3.63) is 35.4 Å². The minimum atomic E-state index is -4.26. The summed E-state index contributed by atoms with van der Waals surface area (Å²) in [5.74, 6) is 0. The largest absolute Gasteiger partial charge is 0.416 e. The Kier molecular flexibility index (Phi) is 2.26. The summed E-state index contributed by atoms with van der Waals surface area (Å²) in [5.41, 5.74) is -0.580. The van der Waals surface area contributed by atoms with Gasteiger partial charge in [-0.2, -0.15) is 13.2 Å². The maximum Gasteiger partial charge on any atom is 0.416 e. The zero-order valence-corrected chi connectivity index (χ0v) is 8.36. The maximum atomic E-state index is 12.7. The molecule has 1 aliphatic rings. The van der Waals surface area contributed by atoms with Crippen molar-refractivity contribution >= 4 is 0 Å². The smallest absolute Gasteiger partial charge is 0.310 e. The summed E-state index contributed by atoms with van der Waals surface area (Å²) in [6.07, 6.45) is -2.71. The van der Waals surface area contributed by atoms with Crippen LogP contribution in [0.4, 0.5) is 13.2 Å². The monoisotopic (exact) mass is 215 g/mol. The third-order valence-electron chi connectivity index (χ3n) is 2.98. The van der Waals surface area contributed by atoms with Gasteiger partial charge in [0.2, 0.25) is 0 Å². The van der Waals surface area contributed by atoms with Crippen molar-refractivity contribution in [3.63, 3.8) is 0 Å². The van der Waals surface area contributed by atoms with E-state index in [9.17, 15) is 13.2 Å². The molecule has 1 N–H and O–H groups in total. The predicted molar refractivity (Wildman–Crippen MR) is 51.4 cm³/mol. The summed E-state index contributed by atoms with van der Waals surface area (Å²) in [5, 5.41) is 2.98. The van der Waals surface area contributed by atoms with Gasteiger partial charge in [-0.1, -0.05) is 18.2 Å². The van der Waals surface area contributed by atoms with Crippen molar-refractivity contribution in [2.45, 2.75) is 24.6 Å². The molecule has 1 aromatic carbocycles. The summed E-state index contributed by atoms with van der Waals surface area (Å²) < 4.78 is 38.1. The fourth-order valence-corrected chi connectivity index (χ4v) is 1.93. The van der Waals surface area contributed by atoms with Crippen molar-refractivity contribution < 1.29 is 13.2 Å². The zero-order valence-electron chi connectivity index (χ0n) is 8.36. The number of hydrogen-bond acceptors (Lipinski definition) is 1. The van der Waals surface area contributed by atoms with E-state index < -0.39 is 17.3 Å². The van der Waals surface area contributed by atoms with Gasteiger partial charge in [0.15, 0.2) is 0 Å². The average Bonchev–Trinajstić information content (AvgIpc) is 2.97. The molecule has 82 valence electrons. The minimum absolute atomic E-state index is 0.375. The second-order valence-electron chi connectivity index (χ2n) is 3.88. The molecule has 1 fully saturated rings. The van der Waals surface area contributed by atoms with Gasteiger partial charge in [-0.25, -0.2) is 0 Å². The first-order valence-electron chi connectivity index (χ1n) is 4.85. The Morgan fingerprint density at radius 1 is 1.20 bits per heavy atom. The Bertz CT molecular complexity index is 366. The van der Waals surface area contributed by atoms with Gasteiger partial charge in [-0.15, -0.1) is 0 Å². The molecule has 1 aromatic rings. The van der Waals surface area contributed by atoms with Crippen LogP contribution in [0.2, 0.25) is 0 Å². The highest BCUT2D eigenvalue weighted by Crippen LogP contribution is 2.49. The van der Waals surface area contributed by atoms with Crippen LogP contribution in [0.15, 0.2) is 24.3 Å². The van der Waals surface area contributed by atoms with Crippen molar-refractivity contribution in [2.75, 3.05) is 7.05 Å². The first kappa shape index (κ1) is 10.5. The van der Waals surface area contributed by atoms with Gasteiger partial charge >= 0.3 is 6.18 Å². The Morgan fingerprint density at radius 3 is 2.27 bits per heavy atom. The number of hydrogen-bond donors (Lipinski definition) is 1. The van der Waals surface area contributed by atoms with Gasteiger partial charge in [0.05, 0.1) is 5.56 Å². The van der Waals surface area contributed by atoms with E-state index in [1.807, 2.05) is 0 Å². The van der Waals surface area contributed by atoms with Crippen molar-refractivity contribution in [3.8, 4) is 0 Å². The Morgan fingerprint density at radius 2 is 1.80 bits per heavy atom. The Balaban J connectivity index is 2.48. The van der Waals surface area contributed by atoms with Crippen molar-refractivity contribution in [2.24, 2.45) is 0 Å². The number of rotatable bonds is 2. The highest BCUT2D eigenvalue weighted by molar-refractivity contribution is 5.39. The molecule has 4 heteroatoms. The fourth-order valence-electron chi connectivity index (χ4n) is 1.93. The molecule has 1 nitrogen and oxygen atoms in total. The molecule has 0 aliphatic heterocycles. The van der Waals surface area contributed by atoms with Gasteiger partial charge in [-0.3, -0.25) is 0 Å². The normalized spacial score (nSPS) is 18.9. The molecule has 0 unspecified atom stereocenters. The Hall–Kier alpha value is -1.03. The van der Waals surface area contributed by atoms with E-state index in [1.165, 1.54) is 6.07 Å². The third-order valence-corrected chi connectivity index (χ3v) is 2.98. The number of benzene rings is 1. The molecule has 0 radical (unpaired) electrons. The molecular weight excluding hydrogens is 203 g/mol.